The summed E-state index contributed by atoms with van der Waals surface area (Å²) in [6.07, 6.45) is 2.47. The number of amides is 1. The Labute approximate surface area is 187 Å². The van der Waals surface area contributed by atoms with Crippen molar-refractivity contribution in [1.82, 2.24) is 9.21 Å². The molecule has 4 heterocycles. The van der Waals surface area contributed by atoms with Gasteiger partial charge in [-0.2, -0.15) is 4.31 Å². The van der Waals surface area contributed by atoms with E-state index in [1.165, 1.54) is 16.4 Å². The third kappa shape index (κ3) is 4.85. The molecule has 3 saturated heterocycles. The van der Waals surface area contributed by atoms with Crippen LogP contribution in [0.1, 0.15) is 43.2 Å². The van der Waals surface area contributed by atoms with Gasteiger partial charge >= 0.3 is 5.97 Å². The van der Waals surface area contributed by atoms with Crippen LogP contribution in [0.5, 0.6) is 0 Å². The second-order valence-electron chi connectivity index (χ2n) is 8.29. The van der Waals surface area contributed by atoms with Crippen LogP contribution in [0.4, 0.5) is 0 Å². The topological polar surface area (TPSA) is 116 Å². The molecule has 0 saturated carbocycles. The van der Waals surface area contributed by atoms with Gasteiger partial charge in [0, 0.05) is 38.0 Å². The molecule has 0 bridgehead atoms. The van der Waals surface area contributed by atoms with Gasteiger partial charge in [0.2, 0.25) is 16.8 Å². The summed E-state index contributed by atoms with van der Waals surface area (Å²) in [7, 11) is -3.87. The van der Waals surface area contributed by atoms with Gasteiger partial charge in [-0.1, -0.05) is 0 Å². The number of likely N-dealkylation sites (tertiary alicyclic amines) is 1. The number of nitrogens with zero attached hydrogens (tertiary/aromatic N) is 2. The second kappa shape index (κ2) is 9.90. The van der Waals surface area contributed by atoms with Crippen molar-refractivity contribution in [3.63, 3.8) is 0 Å². The zero-order chi connectivity index (χ0) is 22.7. The molecule has 10 nitrogen and oxygen atoms in total. The van der Waals surface area contributed by atoms with Crippen molar-refractivity contribution >= 4 is 21.9 Å². The Morgan fingerprint density at radius 2 is 1.69 bits per heavy atom. The first-order valence-corrected chi connectivity index (χ1v) is 12.6. The summed E-state index contributed by atoms with van der Waals surface area (Å²) >= 11 is 0. The number of hydrogen-bond acceptors (Lipinski definition) is 8. The van der Waals surface area contributed by atoms with E-state index in [1.807, 2.05) is 4.90 Å². The Hall–Kier alpha value is -1.95. The summed E-state index contributed by atoms with van der Waals surface area (Å²) in [5, 5.41) is -0.288. The summed E-state index contributed by atoms with van der Waals surface area (Å²) < 4.78 is 48.3. The molecular weight excluding hydrogens is 440 g/mol. The maximum Gasteiger partial charge on any atom is 0.374 e. The molecule has 0 unspecified atom stereocenters. The molecule has 0 radical (unpaired) electrons. The lowest BCUT2D eigenvalue weighted by molar-refractivity contribution is -0.142. The van der Waals surface area contributed by atoms with E-state index in [0.29, 0.717) is 45.1 Å². The molecule has 0 aliphatic carbocycles. The molecule has 178 valence electrons. The Balaban J connectivity index is 1.29. The molecule has 1 aromatic heterocycles. The predicted molar refractivity (Wildman–Crippen MR) is 111 cm³/mol. The number of piperidine rings is 2. The number of hydrogen-bond donors (Lipinski definition) is 0. The van der Waals surface area contributed by atoms with Crippen LogP contribution >= 0.6 is 0 Å². The molecule has 3 fully saturated rings. The molecular formula is C21H30N2O8S. The first-order chi connectivity index (χ1) is 15.4. The van der Waals surface area contributed by atoms with Gasteiger partial charge in [-0.25, -0.2) is 13.2 Å². The minimum absolute atomic E-state index is 0.0938. The minimum atomic E-state index is -3.87. The van der Waals surface area contributed by atoms with Crippen molar-refractivity contribution < 1.29 is 36.6 Å². The van der Waals surface area contributed by atoms with Gasteiger partial charge in [-0.15, -0.1) is 0 Å². The number of esters is 1. The van der Waals surface area contributed by atoms with E-state index in [2.05, 4.69) is 0 Å². The molecule has 1 amide bonds. The highest BCUT2D eigenvalue weighted by Crippen LogP contribution is 2.30. The second-order valence-corrected chi connectivity index (χ2v) is 10.2. The van der Waals surface area contributed by atoms with Gasteiger partial charge < -0.3 is 23.5 Å². The van der Waals surface area contributed by atoms with Gasteiger partial charge in [0.05, 0.1) is 19.8 Å². The fraction of sp³-hybridized carbons (Fsp3) is 0.714. The number of carbonyl (C=O) groups is 2. The highest BCUT2D eigenvalue weighted by molar-refractivity contribution is 7.89. The Morgan fingerprint density at radius 1 is 1.03 bits per heavy atom. The molecule has 11 heteroatoms. The number of sulfonamides is 1. The van der Waals surface area contributed by atoms with Crippen LogP contribution in [-0.2, 0) is 29.0 Å². The highest BCUT2D eigenvalue weighted by atomic mass is 32.2. The molecule has 0 spiro atoms. The number of ether oxygens (including phenoxy) is 3. The third-order valence-corrected chi connectivity index (χ3v) is 8.11. The number of carbonyl (C=O) groups excluding carboxylic acids is 2. The maximum absolute atomic E-state index is 13.0. The lowest BCUT2D eigenvalue weighted by Crippen LogP contribution is -2.47. The first-order valence-electron chi connectivity index (χ1n) is 11.2. The van der Waals surface area contributed by atoms with Gasteiger partial charge in [-0.3, -0.25) is 4.79 Å². The van der Waals surface area contributed by atoms with Gasteiger partial charge in [0.25, 0.3) is 10.0 Å². The fourth-order valence-electron chi connectivity index (χ4n) is 4.54. The summed E-state index contributed by atoms with van der Waals surface area (Å²) in [6.45, 7) is 4.90. The van der Waals surface area contributed by atoms with Crippen LogP contribution in [-0.4, -0.2) is 81.8 Å². The number of rotatable bonds is 6. The minimum Gasteiger partial charge on any atom is -0.460 e. The standard InChI is InChI=1S/C21H30N2O8S/c1-2-28-20(25)17-3-4-18(31-17)32(26,27)23-11-7-15(8-12-23)19(24)22-9-5-16(6-10-22)21-29-13-14-30-21/h3-4,15-16,21H,2,5-14H2,1H3. The van der Waals surface area contributed by atoms with Crippen molar-refractivity contribution in [2.45, 2.75) is 44.0 Å². The lowest BCUT2D eigenvalue weighted by Gasteiger charge is -2.37. The quantitative estimate of drug-likeness (QED) is 0.574. The van der Waals surface area contributed by atoms with Crippen molar-refractivity contribution in [3.8, 4) is 0 Å². The van der Waals surface area contributed by atoms with Crippen LogP contribution in [0.15, 0.2) is 21.6 Å². The zero-order valence-corrected chi connectivity index (χ0v) is 19.1. The van der Waals surface area contributed by atoms with E-state index in [0.717, 1.165) is 12.8 Å². The molecule has 0 N–H and O–H groups in total. The molecule has 3 aliphatic rings. The molecule has 0 aromatic carbocycles. The monoisotopic (exact) mass is 470 g/mol. The smallest absolute Gasteiger partial charge is 0.374 e. The van der Waals surface area contributed by atoms with Crippen LogP contribution in [0.2, 0.25) is 0 Å². The average Bonchev–Trinajstić information content (AvgIpc) is 3.52. The van der Waals surface area contributed by atoms with Crippen LogP contribution in [0, 0.1) is 11.8 Å². The fourth-order valence-corrected chi connectivity index (χ4v) is 5.92. The average molecular weight is 471 g/mol. The van der Waals surface area contributed by atoms with Crippen molar-refractivity contribution in [3.05, 3.63) is 17.9 Å². The van der Waals surface area contributed by atoms with Crippen molar-refractivity contribution in [1.29, 1.82) is 0 Å². The highest BCUT2D eigenvalue weighted by Gasteiger charge is 2.37. The maximum atomic E-state index is 13.0. The van der Waals surface area contributed by atoms with E-state index in [4.69, 9.17) is 18.6 Å². The summed E-state index contributed by atoms with van der Waals surface area (Å²) in [5.74, 6) is -0.623. The van der Waals surface area contributed by atoms with E-state index in [9.17, 15) is 18.0 Å². The van der Waals surface area contributed by atoms with Crippen LogP contribution < -0.4 is 0 Å². The molecule has 0 atom stereocenters. The van der Waals surface area contributed by atoms with Crippen LogP contribution in [0.3, 0.4) is 0 Å². The first kappa shape index (κ1) is 23.2. The van der Waals surface area contributed by atoms with Crippen molar-refractivity contribution in [2.75, 3.05) is 46.0 Å². The van der Waals surface area contributed by atoms with E-state index < -0.39 is 16.0 Å². The summed E-state index contributed by atoms with van der Waals surface area (Å²) in [6, 6.07) is 2.56. The summed E-state index contributed by atoms with van der Waals surface area (Å²) in [4.78, 5) is 26.6. The van der Waals surface area contributed by atoms with E-state index in [1.54, 1.807) is 6.92 Å². The Morgan fingerprint density at radius 3 is 2.31 bits per heavy atom. The van der Waals surface area contributed by atoms with Gasteiger partial charge in [0.1, 0.15) is 0 Å². The Kier molecular flexibility index (Phi) is 7.18. The zero-order valence-electron chi connectivity index (χ0n) is 18.2. The third-order valence-electron chi connectivity index (χ3n) is 6.34. The molecule has 3 aliphatic heterocycles. The Bertz CT molecular complexity index is 908. The molecule has 4 rings (SSSR count). The normalized spacial score (nSPS) is 22.3. The molecule has 32 heavy (non-hydrogen) atoms. The van der Waals surface area contributed by atoms with Gasteiger partial charge in [0.15, 0.2) is 6.29 Å². The lowest BCUT2D eigenvalue weighted by atomic mass is 9.92. The molecule has 1 aromatic rings. The van der Waals surface area contributed by atoms with E-state index >= 15 is 0 Å². The summed E-state index contributed by atoms with van der Waals surface area (Å²) in [5.41, 5.74) is 0. The van der Waals surface area contributed by atoms with Crippen LogP contribution in [0.25, 0.3) is 0 Å². The number of furan rings is 1. The SMILES string of the molecule is CCOC(=O)c1ccc(S(=O)(=O)N2CCC(C(=O)N3CCC(C4OCCO4)CC3)CC2)o1. The largest absolute Gasteiger partial charge is 0.460 e. The predicted octanol–water partition coefficient (Wildman–Crippen LogP) is 1.47. The van der Waals surface area contributed by atoms with Crippen molar-refractivity contribution in [2.24, 2.45) is 11.8 Å². The van der Waals surface area contributed by atoms with Gasteiger partial charge in [-0.05, 0) is 44.7 Å². The van der Waals surface area contributed by atoms with E-state index in [-0.39, 0.29) is 48.7 Å².